The van der Waals surface area contributed by atoms with Gasteiger partial charge in [-0.25, -0.2) is 13.6 Å². The zero-order valence-electron chi connectivity index (χ0n) is 11.7. The Bertz CT molecular complexity index is 532. The standard InChI is InChI=1S/C15H17F2NO3/c1-3-4-5-13(15(20)21-2)18-14(19)8-10-6-7-11(16)9-12(10)17/h3,6-7,9,13H,1,4-5,8H2,2H3,(H,18,19)/t13-/m1/s1. The van der Waals surface area contributed by atoms with Crippen LogP contribution in [0, 0.1) is 11.6 Å². The summed E-state index contributed by atoms with van der Waals surface area (Å²) in [5.74, 6) is -2.63. The number of hydrogen-bond acceptors (Lipinski definition) is 3. The normalized spacial score (nSPS) is 11.6. The van der Waals surface area contributed by atoms with E-state index in [-0.39, 0.29) is 12.0 Å². The molecule has 1 atom stereocenters. The number of hydrogen-bond donors (Lipinski definition) is 1. The maximum atomic E-state index is 13.5. The van der Waals surface area contributed by atoms with Crippen LogP contribution in [-0.4, -0.2) is 25.0 Å². The first kappa shape index (κ1) is 16.8. The van der Waals surface area contributed by atoms with Crippen LogP contribution in [0.2, 0.25) is 0 Å². The van der Waals surface area contributed by atoms with E-state index in [4.69, 9.17) is 0 Å². The summed E-state index contributed by atoms with van der Waals surface area (Å²) in [7, 11) is 1.22. The number of carbonyl (C=O) groups is 2. The molecule has 0 heterocycles. The highest BCUT2D eigenvalue weighted by Gasteiger charge is 2.21. The Balaban J connectivity index is 2.68. The topological polar surface area (TPSA) is 55.4 Å². The van der Waals surface area contributed by atoms with Gasteiger partial charge in [0.25, 0.3) is 0 Å². The van der Waals surface area contributed by atoms with Crippen LogP contribution in [0.1, 0.15) is 18.4 Å². The maximum absolute atomic E-state index is 13.5. The zero-order chi connectivity index (χ0) is 15.8. The number of rotatable bonds is 7. The summed E-state index contributed by atoms with van der Waals surface area (Å²) >= 11 is 0. The van der Waals surface area contributed by atoms with Crippen molar-refractivity contribution in [3.63, 3.8) is 0 Å². The number of amides is 1. The molecule has 0 fully saturated rings. The highest BCUT2D eigenvalue weighted by Crippen LogP contribution is 2.10. The number of ether oxygens (including phenoxy) is 1. The van der Waals surface area contributed by atoms with Crippen molar-refractivity contribution in [2.24, 2.45) is 0 Å². The molecule has 4 nitrogen and oxygen atoms in total. The number of nitrogens with one attached hydrogen (secondary N) is 1. The minimum atomic E-state index is -0.816. The molecule has 6 heteroatoms. The predicted octanol–water partition coefficient (Wildman–Crippen LogP) is 2.13. The molecule has 0 bridgehead atoms. The summed E-state index contributed by atoms with van der Waals surface area (Å²) in [5, 5.41) is 2.47. The Morgan fingerprint density at radius 3 is 2.71 bits per heavy atom. The first-order chi connectivity index (χ1) is 9.97. The van der Waals surface area contributed by atoms with E-state index in [1.54, 1.807) is 6.08 Å². The SMILES string of the molecule is C=CCC[C@@H](NC(=O)Cc1ccc(F)cc1F)C(=O)OC. The van der Waals surface area contributed by atoms with Gasteiger partial charge in [0.1, 0.15) is 17.7 Å². The lowest BCUT2D eigenvalue weighted by atomic mass is 10.1. The molecule has 1 rings (SSSR count). The zero-order valence-corrected chi connectivity index (χ0v) is 11.7. The summed E-state index contributed by atoms with van der Waals surface area (Å²) in [6.45, 7) is 3.53. The number of carbonyl (C=O) groups excluding carboxylic acids is 2. The highest BCUT2D eigenvalue weighted by atomic mass is 19.1. The second-order valence-corrected chi connectivity index (χ2v) is 4.42. The van der Waals surface area contributed by atoms with Gasteiger partial charge in [-0.2, -0.15) is 0 Å². The summed E-state index contributed by atoms with van der Waals surface area (Å²) < 4.78 is 30.8. The lowest BCUT2D eigenvalue weighted by Gasteiger charge is -2.15. The predicted molar refractivity (Wildman–Crippen MR) is 73.4 cm³/mol. The van der Waals surface area contributed by atoms with Crippen molar-refractivity contribution >= 4 is 11.9 Å². The van der Waals surface area contributed by atoms with Crippen LogP contribution in [0.4, 0.5) is 8.78 Å². The van der Waals surface area contributed by atoms with Gasteiger partial charge in [-0.05, 0) is 24.5 Å². The highest BCUT2D eigenvalue weighted by molar-refractivity contribution is 5.85. The van der Waals surface area contributed by atoms with Gasteiger partial charge in [0.15, 0.2) is 0 Å². The molecule has 1 aromatic carbocycles. The van der Waals surface area contributed by atoms with Crippen molar-refractivity contribution in [3.8, 4) is 0 Å². The van der Waals surface area contributed by atoms with E-state index in [1.165, 1.54) is 13.2 Å². The molecule has 0 aromatic heterocycles. The van der Waals surface area contributed by atoms with Gasteiger partial charge < -0.3 is 10.1 Å². The molecule has 0 saturated carbocycles. The average Bonchev–Trinajstić information content (AvgIpc) is 2.45. The Hall–Kier alpha value is -2.24. The molecule has 1 aromatic rings. The third kappa shape index (κ3) is 5.33. The van der Waals surface area contributed by atoms with Crippen LogP contribution < -0.4 is 5.32 Å². The molecular weight excluding hydrogens is 280 g/mol. The molecule has 0 unspecified atom stereocenters. The van der Waals surface area contributed by atoms with Gasteiger partial charge in [-0.15, -0.1) is 6.58 Å². The Kier molecular flexibility index (Phi) is 6.52. The minimum absolute atomic E-state index is 0.0567. The van der Waals surface area contributed by atoms with Crippen LogP contribution in [0.25, 0.3) is 0 Å². The number of allylic oxidation sites excluding steroid dienone is 1. The van der Waals surface area contributed by atoms with Crippen LogP contribution in [0.15, 0.2) is 30.9 Å². The second kappa shape index (κ2) is 8.14. The van der Waals surface area contributed by atoms with Gasteiger partial charge >= 0.3 is 5.97 Å². The van der Waals surface area contributed by atoms with Crippen molar-refractivity contribution in [1.29, 1.82) is 0 Å². The molecule has 0 aliphatic heterocycles. The average molecular weight is 297 g/mol. The molecular formula is C15H17F2NO3. The third-order valence-electron chi connectivity index (χ3n) is 2.85. The Morgan fingerprint density at radius 2 is 2.14 bits per heavy atom. The lowest BCUT2D eigenvalue weighted by molar-refractivity contribution is -0.145. The molecule has 0 spiro atoms. The molecule has 1 N–H and O–H groups in total. The molecule has 0 radical (unpaired) electrons. The van der Waals surface area contributed by atoms with E-state index in [9.17, 15) is 18.4 Å². The fourth-order valence-electron chi connectivity index (χ4n) is 1.76. The molecule has 0 aliphatic rings. The van der Waals surface area contributed by atoms with E-state index in [0.717, 1.165) is 6.07 Å². The number of halogens is 2. The van der Waals surface area contributed by atoms with Gasteiger partial charge in [-0.3, -0.25) is 4.79 Å². The largest absolute Gasteiger partial charge is 0.467 e. The van der Waals surface area contributed by atoms with Crippen molar-refractivity contribution in [3.05, 3.63) is 48.1 Å². The van der Waals surface area contributed by atoms with Crippen molar-refractivity contribution in [1.82, 2.24) is 5.32 Å². The van der Waals surface area contributed by atoms with Crippen LogP contribution >= 0.6 is 0 Å². The van der Waals surface area contributed by atoms with Crippen LogP contribution in [0.3, 0.4) is 0 Å². The van der Waals surface area contributed by atoms with E-state index < -0.39 is 29.6 Å². The lowest BCUT2D eigenvalue weighted by Crippen LogP contribution is -2.42. The van der Waals surface area contributed by atoms with E-state index >= 15 is 0 Å². The Morgan fingerprint density at radius 1 is 1.43 bits per heavy atom. The van der Waals surface area contributed by atoms with E-state index in [1.807, 2.05) is 0 Å². The molecule has 114 valence electrons. The van der Waals surface area contributed by atoms with Gasteiger partial charge in [0.2, 0.25) is 5.91 Å². The van der Waals surface area contributed by atoms with Gasteiger partial charge in [0, 0.05) is 6.07 Å². The number of esters is 1. The van der Waals surface area contributed by atoms with Gasteiger partial charge in [0.05, 0.1) is 13.5 Å². The quantitative estimate of drug-likeness (QED) is 0.619. The fourth-order valence-corrected chi connectivity index (χ4v) is 1.76. The number of benzene rings is 1. The minimum Gasteiger partial charge on any atom is -0.467 e. The van der Waals surface area contributed by atoms with Gasteiger partial charge in [-0.1, -0.05) is 12.1 Å². The van der Waals surface area contributed by atoms with Crippen molar-refractivity contribution in [2.75, 3.05) is 7.11 Å². The summed E-state index contributed by atoms with van der Waals surface area (Å²) in [5.41, 5.74) is 0.0567. The Labute approximate surface area is 121 Å². The molecule has 1 amide bonds. The maximum Gasteiger partial charge on any atom is 0.328 e. The molecule has 0 saturated heterocycles. The molecule has 21 heavy (non-hydrogen) atoms. The van der Waals surface area contributed by atoms with Crippen LogP contribution in [0.5, 0.6) is 0 Å². The second-order valence-electron chi connectivity index (χ2n) is 4.42. The van der Waals surface area contributed by atoms with Crippen LogP contribution in [-0.2, 0) is 20.7 Å². The molecule has 0 aliphatic carbocycles. The third-order valence-corrected chi connectivity index (χ3v) is 2.85. The summed E-state index contributed by atoms with van der Waals surface area (Å²) in [6.07, 6.45) is 2.19. The monoisotopic (exact) mass is 297 g/mol. The first-order valence-electron chi connectivity index (χ1n) is 6.40. The smallest absolute Gasteiger partial charge is 0.328 e. The van der Waals surface area contributed by atoms with Crippen molar-refractivity contribution < 1.29 is 23.1 Å². The summed E-state index contributed by atoms with van der Waals surface area (Å²) in [4.78, 5) is 23.4. The fraction of sp³-hybridized carbons (Fsp3) is 0.333. The van der Waals surface area contributed by atoms with E-state index in [0.29, 0.717) is 18.9 Å². The number of methoxy groups -OCH3 is 1. The first-order valence-corrected chi connectivity index (χ1v) is 6.40. The summed E-state index contributed by atoms with van der Waals surface area (Å²) in [6, 6.07) is 2.16. The van der Waals surface area contributed by atoms with Crippen molar-refractivity contribution in [2.45, 2.75) is 25.3 Å². The van der Waals surface area contributed by atoms with E-state index in [2.05, 4.69) is 16.6 Å².